The largest absolute Gasteiger partial charge is 0.494 e. The van der Waals surface area contributed by atoms with Gasteiger partial charge in [0.2, 0.25) is 5.91 Å². The van der Waals surface area contributed by atoms with Crippen molar-refractivity contribution in [3.63, 3.8) is 0 Å². The third kappa shape index (κ3) is 5.11. The van der Waals surface area contributed by atoms with Crippen molar-refractivity contribution in [1.29, 1.82) is 0 Å². The van der Waals surface area contributed by atoms with Gasteiger partial charge in [0.1, 0.15) is 11.3 Å². The highest BCUT2D eigenvalue weighted by atomic mass is 16.5. The number of hydrogen-bond acceptors (Lipinski definition) is 5. The molecular formula is C25H29N3O4. The number of rotatable bonds is 7. The number of aryl methyl sites for hydroxylation is 1. The van der Waals surface area contributed by atoms with Gasteiger partial charge in [-0.3, -0.25) is 14.5 Å². The zero-order chi connectivity index (χ0) is 22.5. The van der Waals surface area contributed by atoms with Gasteiger partial charge >= 0.3 is 0 Å². The molecule has 3 aromatic rings. The van der Waals surface area contributed by atoms with Crippen molar-refractivity contribution < 1.29 is 18.7 Å². The summed E-state index contributed by atoms with van der Waals surface area (Å²) in [5, 5.41) is 6.90. The number of anilines is 1. The van der Waals surface area contributed by atoms with Crippen LogP contribution in [0.4, 0.5) is 5.69 Å². The second-order valence-corrected chi connectivity index (χ2v) is 8.09. The molecule has 4 rings (SSSR count). The van der Waals surface area contributed by atoms with Gasteiger partial charge in [-0.05, 0) is 57.0 Å². The van der Waals surface area contributed by atoms with Gasteiger partial charge in [0.15, 0.2) is 5.76 Å². The summed E-state index contributed by atoms with van der Waals surface area (Å²) in [6, 6.07) is 15.1. The second-order valence-electron chi connectivity index (χ2n) is 8.09. The van der Waals surface area contributed by atoms with Crippen LogP contribution < -0.4 is 15.4 Å². The van der Waals surface area contributed by atoms with Gasteiger partial charge < -0.3 is 19.8 Å². The maximum absolute atomic E-state index is 12.9. The van der Waals surface area contributed by atoms with E-state index in [1.54, 1.807) is 0 Å². The number of ether oxygens (including phenoxy) is 1. The van der Waals surface area contributed by atoms with Gasteiger partial charge in [-0.1, -0.05) is 18.2 Å². The predicted molar refractivity (Wildman–Crippen MR) is 124 cm³/mol. The first-order valence-electron chi connectivity index (χ1n) is 11.1. The van der Waals surface area contributed by atoms with Crippen LogP contribution in [0.2, 0.25) is 0 Å². The molecule has 0 unspecified atom stereocenters. The van der Waals surface area contributed by atoms with E-state index >= 15 is 0 Å². The quantitative estimate of drug-likeness (QED) is 0.587. The minimum absolute atomic E-state index is 0.0250. The fraction of sp³-hybridized carbons (Fsp3) is 0.360. The molecule has 2 heterocycles. The van der Waals surface area contributed by atoms with Crippen molar-refractivity contribution in [2.45, 2.75) is 32.7 Å². The number of furan rings is 1. The first-order chi connectivity index (χ1) is 15.5. The maximum Gasteiger partial charge on any atom is 0.287 e. The van der Waals surface area contributed by atoms with E-state index in [9.17, 15) is 9.59 Å². The number of nitrogens with zero attached hydrogens (tertiary/aromatic N) is 1. The van der Waals surface area contributed by atoms with Crippen molar-refractivity contribution >= 4 is 28.5 Å². The van der Waals surface area contributed by atoms with Gasteiger partial charge in [-0.25, -0.2) is 0 Å². The van der Waals surface area contributed by atoms with Crippen LogP contribution >= 0.6 is 0 Å². The zero-order valence-electron chi connectivity index (χ0n) is 18.5. The summed E-state index contributed by atoms with van der Waals surface area (Å²) in [6.07, 6.45) is 1.58. The first-order valence-corrected chi connectivity index (χ1v) is 11.1. The SMILES string of the molecule is CCOc1ccc2oc(C(=O)NC3CCN(CC(=O)Nc4ccccc4)CC3)c(C)c2c1. The van der Waals surface area contributed by atoms with E-state index in [0.29, 0.717) is 24.5 Å². The number of para-hydroxylation sites is 1. The Labute approximate surface area is 187 Å². The van der Waals surface area contributed by atoms with Gasteiger partial charge in [-0.2, -0.15) is 0 Å². The van der Waals surface area contributed by atoms with Gasteiger partial charge in [0.05, 0.1) is 13.2 Å². The van der Waals surface area contributed by atoms with Crippen LogP contribution in [-0.2, 0) is 4.79 Å². The van der Waals surface area contributed by atoms with Crippen LogP contribution in [0.15, 0.2) is 52.9 Å². The number of amides is 2. The van der Waals surface area contributed by atoms with Crippen molar-refractivity contribution in [2.75, 3.05) is 31.6 Å². The molecule has 1 fully saturated rings. The van der Waals surface area contributed by atoms with Gasteiger partial charge in [0, 0.05) is 35.8 Å². The van der Waals surface area contributed by atoms with Crippen molar-refractivity contribution in [3.8, 4) is 5.75 Å². The summed E-state index contributed by atoms with van der Waals surface area (Å²) in [5.74, 6) is 0.887. The summed E-state index contributed by atoms with van der Waals surface area (Å²) in [4.78, 5) is 27.2. The van der Waals surface area contributed by atoms with Crippen LogP contribution in [0, 0.1) is 6.92 Å². The normalized spacial score (nSPS) is 14.9. The van der Waals surface area contributed by atoms with E-state index in [-0.39, 0.29) is 17.9 Å². The lowest BCUT2D eigenvalue weighted by atomic mass is 10.0. The van der Waals surface area contributed by atoms with Crippen LogP contribution in [0.25, 0.3) is 11.0 Å². The molecule has 1 aromatic heterocycles. The highest BCUT2D eigenvalue weighted by Crippen LogP contribution is 2.29. The number of benzene rings is 2. The number of hydrogen-bond donors (Lipinski definition) is 2. The molecule has 1 aliphatic heterocycles. The van der Waals surface area contributed by atoms with Crippen molar-refractivity contribution in [1.82, 2.24) is 10.2 Å². The molecule has 0 atom stereocenters. The van der Waals surface area contributed by atoms with E-state index in [2.05, 4.69) is 15.5 Å². The fourth-order valence-corrected chi connectivity index (χ4v) is 4.08. The van der Waals surface area contributed by atoms with Gasteiger partial charge in [-0.15, -0.1) is 0 Å². The Morgan fingerprint density at radius 1 is 1.12 bits per heavy atom. The smallest absolute Gasteiger partial charge is 0.287 e. The topological polar surface area (TPSA) is 83.8 Å². The Balaban J connectivity index is 1.30. The third-order valence-electron chi connectivity index (χ3n) is 5.77. The molecule has 168 valence electrons. The third-order valence-corrected chi connectivity index (χ3v) is 5.77. The van der Waals surface area contributed by atoms with Crippen molar-refractivity contribution in [3.05, 3.63) is 59.9 Å². The molecule has 7 heteroatoms. The van der Waals surface area contributed by atoms with E-state index in [4.69, 9.17) is 9.15 Å². The van der Waals surface area contributed by atoms with Crippen LogP contribution in [-0.4, -0.2) is 49.0 Å². The molecule has 1 aliphatic rings. The summed E-state index contributed by atoms with van der Waals surface area (Å²) >= 11 is 0. The van der Waals surface area contributed by atoms with E-state index < -0.39 is 0 Å². The predicted octanol–water partition coefficient (Wildman–Crippen LogP) is 3.97. The minimum Gasteiger partial charge on any atom is -0.494 e. The highest BCUT2D eigenvalue weighted by Gasteiger charge is 2.25. The fourth-order valence-electron chi connectivity index (χ4n) is 4.08. The lowest BCUT2D eigenvalue weighted by Gasteiger charge is -2.31. The van der Waals surface area contributed by atoms with Crippen molar-refractivity contribution in [2.24, 2.45) is 0 Å². The van der Waals surface area contributed by atoms with Crippen LogP contribution in [0.3, 0.4) is 0 Å². The van der Waals surface area contributed by atoms with E-state index in [1.165, 1.54) is 0 Å². The summed E-state index contributed by atoms with van der Waals surface area (Å²) in [5.41, 5.74) is 2.29. The molecule has 2 aromatic carbocycles. The number of nitrogens with one attached hydrogen (secondary N) is 2. The zero-order valence-corrected chi connectivity index (χ0v) is 18.5. The summed E-state index contributed by atoms with van der Waals surface area (Å²) in [7, 11) is 0. The monoisotopic (exact) mass is 435 g/mol. The molecule has 2 amide bonds. The summed E-state index contributed by atoms with van der Waals surface area (Å²) < 4.78 is 11.4. The molecule has 0 radical (unpaired) electrons. The minimum atomic E-state index is -0.197. The van der Waals surface area contributed by atoms with Crippen LogP contribution in [0.5, 0.6) is 5.75 Å². The molecule has 1 saturated heterocycles. The second kappa shape index (κ2) is 9.87. The Morgan fingerprint density at radius 2 is 1.88 bits per heavy atom. The summed E-state index contributed by atoms with van der Waals surface area (Å²) in [6.45, 7) is 6.27. The molecule has 0 saturated carbocycles. The van der Waals surface area contributed by atoms with Crippen LogP contribution in [0.1, 0.15) is 35.9 Å². The number of likely N-dealkylation sites (tertiary alicyclic amines) is 1. The Kier molecular flexibility index (Phi) is 6.75. The Hall–Kier alpha value is -3.32. The number of fused-ring (bicyclic) bond motifs is 1. The van der Waals surface area contributed by atoms with E-state index in [1.807, 2.05) is 62.4 Å². The highest BCUT2D eigenvalue weighted by molar-refractivity contribution is 5.99. The van der Waals surface area contributed by atoms with E-state index in [0.717, 1.165) is 48.3 Å². The number of carbonyl (C=O) groups is 2. The lowest BCUT2D eigenvalue weighted by molar-refractivity contribution is -0.117. The molecule has 0 aliphatic carbocycles. The Bertz CT molecular complexity index is 1090. The average Bonchev–Trinajstić information content (AvgIpc) is 3.12. The molecule has 0 bridgehead atoms. The number of piperidine rings is 1. The first kappa shape index (κ1) is 21.9. The molecule has 2 N–H and O–H groups in total. The maximum atomic E-state index is 12.9. The lowest BCUT2D eigenvalue weighted by Crippen LogP contribution is -2.46. The Morgan fingerprint density at radius 3 is 2.59 bits per heavy atom. The standard InChI is InChI=1S/C25H29N3O4/c1-3-31-20-9-10-22-21(15-20)17(2)24(32-22)25(30)27-19-11-13-28(14-12-19)16-23(29)26-18-7-5-4-6-8-18/h4-10,15,19H,3,11-14,16H2,1-2H3,(H,26,29)(H,27,30). The van der Waals surface area contributed by atoms with Gasteiger partial charge in [0.25, 0.3) is 5.91 Å². The molecule has 7 nitrogen and oxygen atoms in total. The number of carbonyl (C=O) groups excluding carboxylic acids is 2. The molecule has 0 spiro atoms. The average molecular weight is 436 g/mol. The molecular weight excluding hydrogens is 406 g/mol. The molecule has 32 heavy (non-hydrogen) atoms.